The molecular formula is C18H17N3O4S. The maximum Gasteiger partial charge on any atom is 0.261 e. The van der Waals surface area contributed by atoms with Crippen LogP contribution in [0, 0.1) is 11.3 Å². The molecule has 0 saturated carbocycles. The first-order chi connectivity index (χ1) is 12.5. The van der Waals surface area contributed by atoms with E-state index in [1.54, 1.807) is 29.2 Å². The van der Waals surface area contributed by atoms with Crippen LogP contribution in [-0.2, 0) is 14.8 Å². The third-order valence-corrected chi connectivity index (χ3v) is 5.38. The number of anilines is 1. The average molecular weight is 371 g/mol. The molecule has 1 amide bonds. The van der Waals surface area contributed by atoms with Crippen molar-refractivity contribution in [3.05, 3.63) is 59.7 Å². The second kappa shape index (κ2) is 7.56. The number of hydrogen-bond acceptors (Lipinski definition) is 5. The zero-order valence-corrected chi connectivity index (χ0v) is 14.7. The van der Waals surface area contributed by atoms with E-state index < -0.39 is 10.0 Å². The van der Waals surface area contributed by atoms with Crippen LogP contribution in [0.1, 0.15) is 15.9 Å². The van der Waals surface area contributed by atoms with E-state index in [-0.39, 0.29) is 22.1 Å². The Balaban J connectivity index is 1.87. The van der Waals surface area contributed by atoms with Crippen molar-refractivity contribution in [2.24, 2.45) is 0 Å². The molecule has 1 aliphatic heterocycles. The number of ether oxygens (including phenoxy) is 1. The minimum Gasteiger partial charge on any atom is -0.378 e. The van der Waals surface area contributed by atoms with Gasteiger partial charge in [-0.25, -0.2) is 8.42 Å². The van der Waals surface area contributed by atoms with Gasteiger partial charge >= 0.3 is 0 Å². The number of benzene rings is 2. The van der Waals surface area contributed by atoms with Crippen LogP contribution in [0.15, 0.2) is 53.4 Å². The van der Waals surface area contributed by atoms with E-state index >= 15 is 0 Å². The molecule has 1 fully saturated rings. The van der Waals surface area contributed by atoms with Crippen LogP contribution < -0.4 is 4.72 Å². The molecule has 0 aromatic heterocycles. The summed E-state index contributed by atoms with van der Waals surface area (Å²) in [7, 11) is -3.88. The Kier molecular flexibility index (Phi) is 5.21. The van der Waals surface area contributed by atoms with Crippen LogP contribution in [0.3, 0.4) is 0 Å². The van der Waals surface area contributed by atoms with Crippen LogP contribution in [0.5, 0.6) is 0 Å². The molecule has 0 aliphatic carbocycles. The van der Waals surface area contributed by atoms with Crippen molar-refractivity contribution in [3.8, 4) is 6.07 Å². The maximum atomic E-state index is 12.7. The summed E-state index contributed by atoms with van der Waals surface area (Å²) in [5.41, 5.74) is 0.867. The molecule has 0 spiro atoms. The average Bonchev–Trinajstić information content (AvgIpc) is 2.68. The second-order valence-electron chi connectivity index (χ2n) is 5.69. The minimum absolute atomic E-state index is 0.0186. The van der Waals surface area contributed by atoms with Crippen molar-refractivity contribution in [3.63, 3.8) is 0 Å². The smallest absolute Gasteiger partial charge is 0.261 e. The number of rotatable bonds is 4. The summed E-state index contributed by atoms with van der Waals surface area (Å²) in [6, 6.07) is 14.0. The number of hydrogen-bond donors (Lipinski definition) is 1. The van der Waals surface area contributed by atoms with Gasteiger partial charge in [0.2, 0.25) is 0 Å². The largest absolute Gasteiger partial charge is 0.378 e. The van der Waals surface area contributed by atoms with Gasteiger partial charge in [0, 0.05) is 13.1 Å². The number of morpholine rings is 1. The van der Waals surface area contributed by atoms with E-state index in [9.17, 15) is 13.2 Å². The van der Waals surface area contributed by atoms with Crippen LogP contribution in [-0.4, -0.2) is 45.5 Å². The number of nitriles is 1. The van der Waals surface area contributed by atoms with Crippen molar-refractivity contribution < 1.29 is 17.9 Å². The Morgan fingerprint density at radius 3 is 2.38 bits per heavy atom. The lowest BCUT2D eigenvalue weighted by atomic mass is 10.1. The first-order valence-corrected chi connectivity index (χ1v) is 9.48. The van der Waals surface area contributed by atoms with Gasteiger partial charge < -0.3 is 9.64 Å². The molecule has 134 valence electrons. The molecule has 1 N–H and O–H groups in total. The first-order valence-electron chi connectivity index (χ1n) is 8.00. The molecule has 0 atom stereocenters. The molecule has 26 heavy (non-hydrogen) atoms. The summed E-state index contributed by atoms with van der Waals surface area (Å²) >= 11 is 0. The number of carbonyl (C=O) groups excluding carboxylic acids is 1. The molecule has 0 radical (unpaired) electrons. The molecule has 1 heterocycles. The lowest BCUT2D eigenvalue weighted by Crippen LogP contribution is -2.41. The van der Waals surface area contributed by atoms with Gasteiger partial charge in [-0.1, -0.05) is 12.1 Å². The van der Waals surface area contributed by atoms with E-state index in [4.69, 9.17) is 10.00 Å². The maximum absolute atomic E-state index is 12.7. The van der Waals surface area contributed by atoms with Crippen molar-refractivity contribution >= 4 is 21.6 Å². The van der Waals surface area contributed by atoms with Gasteiger partial charge in [-0.05, 0) is 36.4 Å². The topological polar surface area (TPSA) is 99.5 Å². The van der Waals surface area contributed by atoms with E-state index in [2.05, 4.69) is 4.72 Å². The van der Waals surface area contributed by atoms with Gasteiger partial charge in [0.15, 0.2) is 0 Å². The molecule has 2 aromatic carbocycles. The standard InChI is InChI=1S/C18H17N3O4S/c19-13-14-5-7-15(8-6-14)26(23,24)20-17-4-2-1-3-16(17)18(22)21-9-11-25-12-10-21/h1-8,20H,9-12H2. The second-order valence-corrected chi connectivity index (χ2v) is 7.37. The number of amides is 1. The quantitative estimate of drug-likeness (QED) is 0.884. The molecule has 2 aromatic rings. The van der Waals surface area contributed by atoms with Crippen molar-refractivity contribution in [1.82, 2.24) is 4.90 Å². The molecule has 7 nitrogen and oxygen atoms in total. The third kappa shape index (κ3) is 3.85. The molecule has 0 unspecified atom stereocenters. The monoisotopic (exact) mass is 371 g/mol. The summed E-state index contributed by atoms with van der Waals surface area (Å²) < 4.78 is 32.9. The minimum atomic E-state index is -3.88. The predicted molar refractivity (Wildman–Crippen MR) is 95.1 cm³/mol. The highest BCUT2D eigenvalue weighted by Gasteiger charge is 2.23. The third-order valence-electron chi connectivity index (χ3n) is 3.99. The Labute approximate surface area is 151 Å². The fourth-order valence-corrected chi connectivity index (χ4v) is 3.69. The molecule has 0 bridgehead atoms. The first kappa shape index (κ1) is 17.9. The summed E-state index contributed by atoms with van der Waals surface area (Å²) in [5.74, 6) is -0.244. The molecule has 8 heteroatoms. The van der Waals surface area contributed by atoms with Crippen molar-refractivity contribution in [1.29, 1.82) is 5.26 Å². The predicted octanol–water partition coefficient (Wildman–Crippen LogP) is 1.83. The van der Waals surface area contributed by atoms with E-state index in [1.807, 2.05) is 6.07 Å². The van der Waals surface area contributed by atoms with E-state index in [1.165, 1.54) is 24.3 Å². The summed E-state index contributed by atoms with van der Waals surface area (Å²) in [4.78, 5) is 14.4. The molecule has 1 saturated heterocycles. The summed E-state index contributed by atoms with van der Waals surface area (Å²) in [5, 5.41) is 8.82. The van der Waals surface area contributed by atoms with Crippen LogP contribution in [0.25, 0.3) is 0 Å². The fraction of sp³-hybridized carbons (Fsp3) is 0.222. The van der Waals surface area contributed by atoms with Gasteiger partial charge in [0.25, 0.3) is 15.9 Å². The number of carbonyl (C=O) groups is 1. The van der Waals surface area contributed by atoms with Gasteiger partial charge in [0.05, 0.1) is 41.0 Å². The highest BCUT2D eigenvalue weighted by atomic mass is 32.2. The highest BCUT2D eigenvalue weighted by Crippen LogP contribution is 2.22. The lowest BCUT2D eigenvalue weighted by Gasteiger charge is -2.27. The van der Waals surface area contributed by atoms with Crippen LogP contribution in [0.2, 0.25) is 0 Å². The van der Waals surface area contributed by atoms with Crippen LogP contribution >= 0.6 is 0 Å². The highest BCUT2D eigenvalue weighted by molar-refractivity contribution is 7.92. The zero-order chi connectivity index (χ0) is 18.6. The van der Waals surface area contributed by atoms with Crippen molar-refractivity contribution in [2.45, 2.75) is 4.90 Å². The molecule has 3 rings (SSSR count). The number of nitrogens with zero attached hydrogens (tertiary/aromatic N) is 2. The normalized spacial score (nSPS) is 14.5. The van der Waals surface area contributed by atoms with Gasteiger partial charge in [-0.3, -0.25) is 9.52 Å². The number of sulfonamides is 1. The summed E-state index contributed by atoms with van der Waals surface area (Å²) in [6.07, 6.45) is 0. The fourth-order valence-electron chi connectivity index (χ4n) is 2.61. The van der Waals surface area contributed by atoms with Crippen molar-refractivity contribution in [2.75, 3.05) is 31.0 Å². The Morgan fingerprint density at radius 2 is 1.73 bits per heavy atom. The molecular weight excluding hydrogens is 354 g/mol. The Bertz CT molecular complexity index is 943. The number of para-hydroxylation sites is 1. The number of nitrogens with one attached hydrogen (secondary N) is 1. The van der Waals surface area contributed by atoms with Gasteiger partial charge in [-0.2, -0.15) is 5.26 Å². The van der Waals surface area contributed by atoms with E-state index in [0.29, 0.717) is 31.9 Å². The Hall–Kier alpha value is -2.89. The lowest BCUT2D eigenvalue weighted by molar-refractivity contribution is 0.0303. The zero-order valence-electron chi connectivity index (χ0n) is 13.9. The Morgan fingerprint density at radius 1 is 1.08 bits per heavy atom. The van der Waals surface area contributed by atoms with E-state index in [0.717, 1.165) is 0 Å². The van der Waals surface area contributed by atoms with Crippen LogP contribution in [0.4, 0.5) is 5.69 Å². The SMILES string of the molecule is N#Cc1ccc(S(=O)(=O)Nc2ccccc2C(=O)N2CCOCC2)cc1. The summed E-state index contributed by atoms with van der Waals surface area (Å²) in [6.45, 7) is 1.86. The van der Waals surface area contributed by atoms with Gasteiger partial charge in [-0.15, -0.1) is 0 Å². The molecule has 1 aliphatic rings. The van der Waals surface area contributed by atoms with Gasteiger partial charge in [0.1, 0.15) is 0 Å².